The van der Waals surface area contributed by atoms with Crippen LogP contribution >= 0.6 is 0 Å². The van der Waals surface area contributed by atoms with Crippen LogP contribution in [0.4, 0.5) is 0 Å². The molecule has 3 atom stereocenters. The Hall–Kier alpha value is -1.52. The Labute approximate surface area is 118 Å². The van der Waals surface area contributed by atoms with E-state index in [-0.39, 0.29) is 11.8 Å². The molecular weight excluding hydrogens is 254 g/mol. The van der Waals surface area contributed by atoms with E-state index in [2.05, 4.69) is 10.2 Å². The van der Waals surface area contributed by atoms with Crippen molar-refractivity contribution in [2.24, 2.45) is 28.0 Å². The Morgan fingerprint density at radius 2 is 1.80 bits per heavy atom. The summed E-state index contributed by atoms with van der Waals surface area (Å²) in [7, 11) is 0. The maximum absolute atomic E-state index is 12.7. The van der Waals surface area contributed by atoms with E-state index in [4.69, 9.17) is 0 Å². The molecule has 4 bridgehead atoms. The monoisotopic (exact) mass is 273 g/mol. The van der Waals surface area contributed by atoms with Gasteiger partial charge in [0.1, 0.15) is 0 Å². The van der Waals surface area contributed by atoms with Crippen molar-refractivity contribution in [3.8, 4) is 0 Å². The first-order valence-electron chi connectivity index (χ1n) is 7.62. The molecule has 5 nitrogen and oxygen atoms in total. The molecule has 0 N–H and O–H groups in total. The number of fused-ring (bicyclic) bond motifs is 1. The summed E-state index contributed by atoms with van der Waals surface area (Å²) in [6.07, 6.45) is 9.21. The van der Waals surface area contributed by atoms with Crippen LogP contribution in [0.1, 0.15) is 32.1 Å². The summed E-state index contributed by atoms with van der Waals surface area (Å²) in [5, 5.41) is 7.37. The minimum absolute atomic E-state index is 0.0377. The highest BCUT2D eigenvalue weighted by molar-refractivity contribution is 5.92. The van der Waals surface area contributed by atoms with Crippen LogP contribution in [0.5, 0.6) is 0 Å². The van der Waals surface area contributed by atoms with Crippen LogP contribution in [-0.2, 0) is 9.59 Å². The number of carbonyl (C=O) groups is 2. The van der Waals surface area contributed by atoms with Crippen LogP contribution in [0.25, 0.3) is 0 Å². The van der Waals surface area contributed by atoms with Crippen molar-refractivity contribution >= 4 is 11.8 Å². The zero-order chi connectivity index (χ0) is 13.7. The second-order valence-electron chi connectivity index (χ2n) is 6.78. The second kappa shape index (κ2) is 4.50. The topological polar surface area (TPSA) is 62.1 Å². The fourth-order valence-corrected chi connectivity index (χ4v) is 4.72. The number of azo groups is 1. The number of amides is 2. The van der Waals surface area contributed by atoms with E-state index in [0.717, 1.165) is 31.2 Å². The van der Waals surface area contributed by atoms with E-state index in [9.17, 15) is 9.59 Å². The predicted molar refractivity (Wildman–Crippen MR) is 71.8 cm³/mol. The smallest absolute Gasteiger partial charge is 0.287 e. The molecule has 20 heavy (non-hydrogen) atoms. The molecule has 2 aliphatic carbocycles. The van der Waals surface area contributed by atoms with Crippen molar-refractivity contribution in [2.75, 3.05) is 6.54 Å². The van der Waals surface area contributed by atoms with E-state index in [1.54, 1.807) is 6.08 Å². The average Bonchev–Trinajstić information content (AvgIpc) is 2.63. The summed E-state index contributed by atoms with van der Waals surface area (Å²) in [5.41, 5.74) is 0. The first kappa shape index (κ1) is 12.2. The van der Waals surface area contributed by atoms with Gasteiger partial charge < -0.3 is 4.90 Å². The number of hydrogen-bond acceptors (Lipinski definition) is 3. The summed E-state index contributed by atoms with van der Waals surface area (Å²) in [5.74, 6) is 1.97. The van der Waals surface area contributed by atoms with Crippen LogP contribution in [0, 0.1) is 17.8 Å². The van der Waals surface area contributed by atoms with Crippen molar-refractivity contribution < 1.29 is 9.59 Å². The molecule has 4 fully saturated rings. The highest BCUT2D eigenvalue weighted by atomic mass is 16.2. The summed E-state index contributed by atoms with van der Waals surface area (Å²) in [4.78, 5) is 25.8. The zero-order valence-electron chi connectivity index (χ0n) is 11.4. The van der Waals surface area contributed by atoms with Gasteiger partial charge in [-0.25, -0.2) is 0 Å². The van der Waals surface area contributed by atoms with Gasteiger partial charge in [-0.2, -0.15) is 5.11 Å². The SMILES string of the molecule is O=C1C=CC(C(=O)N2CC3CC4CC(C3)CC2C4)N=N1. The molecule has 3 unspecified atom stereocenters. The molecule has 106 valence electrons. The minimum atomic E-state index is -0.580. The number of hydrogen-bond donors (Lipinski definition) is 0. The van der Waals surface area contributed by atoms with Crippen LogP contribution < -0.4 is 0 Å². The van der Waals surface area contributed by atoms with E-state index in [0.29, 0.717) is 12.0 Å². The predicted octanol–water partition coefficient (Wildman–Crippen LogP) is 1.94. The second-order valence-corrected chi connectivity index (χ2v) is 6.78. The molecule has 0 aromatic heterocycles. The normalized spacial score (nSPS) is 42.1. The quantitative estimate of drug-likeness (QED) is 0.733. The lowest BCUT2D eigenvalue weighted by atomic mass is 9.68. The van der Waals surface area contributed by atoms with Crippen molar-refractivity contribution in [1.29, 1.82) is 0 Å². The third-order valence-electron chi connectivity index (χ3n) is 5.34. The summed E-state index contributed by atoms with van der Waals surface area (Å²) in [6, 6.07) is -0.191. The largest absolute Gasteiger partial charge is 0.337 e. The average molecular weight is 273 g/mol. The minimum Gasteiger partial charge on any atom is -0.337 e. The van der Waals surface area contributed by atoms with Gasteiger partial charge in [0.25, 0.3) is 11.8 Å². The van der Waals surface area contributed by atoms with Gasteiger partial charge in [-0.3, -0.25) is 9.59 Å². The molecule has 5 heteroatoms. The van der Waals surface area contributed by atoms with E-state index in [1.165, 1.54) is 25.3 Å². The molecule has 5 aliphatic rings. The van der Waals surface area contributed by atoms with E-state index in [1.807, 2.05) is 4.90 Å². The third-order valence-corrected chi connectivity index (χ3v) is 5.34. The lowest BCUT2D eigenvalue weighted by Gasteiger charge is -2.39. The highest BCUT2D eigenvalue weighted by Gasteiger charge is 2.45. The fraction of sp³-hybridized carbons (Fsp3) is 0.733. The molecule has 2 saturated carbocycles. The molecule has 0 radical (unpaired) electrons. The molecule has 3 heterocycles. The molecule has 2 amide bonds. The first-order valence-corrected chi connectivity index (χ1v) is 7.62. The number of nitrogens with zero attached hydrogens (tertiary/aromatic N) is 3. The van der Waals surface area contributed by atoms with Gasteiger partial charge in [0.2, 0.25) is 0 Å². The van der Waals surface area contributed by atoms with Crippen LogP contribution in [0.15, 0.2) is 22.4 Å². The Balaban J connectivity index is 1.56. The van der Waals surface area contributed by atoms with Gasteiger partial charge in [-0.15, -0.1) is 5.11 Å². The Morgan fingerprint density at radius 3 is 2.45 bits per heavy atom. The molecule has 0 aromatic carbocycles. The Morgan fingerprint density at radius 1 is 1.10 bits per heavy atom. The van der Waals surface area contributed by atoms with Crippen molar-refractivity contribution in [2.45, 2.75) is 44.2 Å². The lowest BCUT2D eigenvalue weighted by molar-refractivity contribution is -0.134. The first-order chi connectivity index (χ1) is 9.69. The summed E-state index contributed by atoms with van der Waals surface area (Å²) < 4.78 is 0. The van der Waals surface area contributed by atoms with Gasteiger partial charge in [0.05, 0.1) is 0 Å². The Bertz CT molecular complexity index is 483. The summed E-state index contributed by atoms with van der Waals surface area (Å²) >= 11 is 0. The number of rotatable bonds is 1. The van der Waals surface area contributed by atoms with E-state index >= 15 is 0 Å². The summed E-state index contributed by atoms with van der Waals surface area (Å²) in [6.45, 7) is 0.879. The van der Waals surface area contributed by atoms with Gasteiger partial charge in [0.15, 0.2) is 6.04 Å². The van der Waals surface area contributed by atoms with Crippen LogP contribution in [0.3, 0.4) is 0 Å². The van der Waals surface area contributed by atoms with Crippen LogP contribution in [-0.4, -0.2) is 35.3 Å². The molecule has 3 aliphatic heterocycles. The molecule has 0 spiro atoms. The maximum atomic E-state index is 12.7. The lowest BCUT2D eigenvalue weighted by Crippen LogP contribution is -2.46. The molecular formula is C15H19N3O2. The molecule has 5 rings (SSSR count). The number of carbonyl (C=O) groups excluding carboxylic acids is 2. The fourth-order valence-electron chi connectivity index (χ4n) is 4.72. The standard InChI is InChI=1S/C15H19N3O2/c19-14-2-1-13(16-17-14)15(20)18-8-11-4-9-3-10(5-11)7-12(18)6-9/h1-2,9-13H,3-8H2. The highest BCUT2D eigenvalue weighted by Crippen LogP contribution is 2.47. The molecule has 2 saturated heterocycles. The zero-order valence-corrected chi connectivity index (χ0v) is 11.4. The maximum Gasteiger partial charge on any atom is 0.287 e. The third kappa shape index (κ3) is 2.00. The van der Waals surface area contributed by atoms with Crippen molar-refractivity contribution in [3.05, 3.63) is 12.2 Å². The Kier molecular flexibility index (Phi) is 2.75. The van der Waals surface area contributed by atoms with Crippen molar-refractivity contribution in [3.63, 3.8) is 0 Å². The van der Waals surface area contributed by atoms with Gasteiger partial charge in [0, 0.05) is 18.7 Å². The van der Waals surface area contributed by atoms with Gasteiger partial charge in [-0.1, -0.05) is 0 Å². The van der Waals surface area contributed by atoms with Crippen LogP contribution in [0.2, 0.25) is 0 Å². The molecule has 0 aromatic rings. The van der Waals surface area contributed by atoms with Gasteiger partial charge >= 0.3 is 0 Å². The van der Waals surface area contributed by atoms with Crippen molar-refractivity contribution in [1.82, 2.24) is 4.90 Å². The van der Waals surface area contributed by atoms with Gasteiger partial charge in [-0.05, 0) is 55.9 Å². The van der Waals surface area contributed by atoms with E-state index < -0.39 is 6.04 Å².